The lowest BCUT2D eigenvalue weighted by Gasteiger charge is -2.23. The van der Waals surface area contributed by atoms with E-state index in [9.17, 15) is 4.79 Å². The molecular weight excluding hydrogens is 212 g/mol. The molecule has 0 aromatic heterocycles. The van der Waals surface area contributed by atoms with Gasteiger partial charge in [0.25, 0.3) is 0 Å². The molecule has 0 spiro atoms. The molecule has 0 amide bonds. The van der Waals surface area contributed by atoms with E-state index >= 15 is 0 Å². The van der Waals surface area contributed by atoms with Crippen molar-refractivity contribution in [3.63, 3.8) is 0 Å². The highest BCUT2D eigenvalue weighted by Gasteiger charge is 2.29. The first-order valence-corrected chi connectivity index (χ1v) is 6.60. The number of Topliss-reactive ketones (excluding diaryl/α,β-unsaturated/α-hetero) is 1. The number of benzene rings is 1. The van der Waals surface area contributed by atoms with Crippen molar-refractivity contribution in [2.75, 3.05) is 0 Å². The molecule has 2 nitrogen and oxygen atoms in total. The predicted molar refractivity (Wildman–Crippen MR) is 66.1 cm³/mol. The Bertz CT molecular complexity index is 400. The van der Waals surface area contributed by atoms with Crippen LogP contribution in [0, 0.1) is 5.92 Å². The standard InChI is InChI=1S/C15H18O2/c16-14-7-3-1-5-11(14)9-13-10-12-6-2-4-8-15(12)17-13/h2,4,6,8,11,13H,1,3,5,7,9-10H2. The molecule has 0 radical (unpaired) electrons. The second kappa shape index (κ2) is 4.52. The molecule has 90 valence electrons. The fraction of sp³-hybridized carbons (Fsp3) is 0.533. The first-order valence-electron chi connectivity index (χ1n) is 6.60. The van der Waals surface area contributed by atoms with Gasteiger partial charge in [-0.1, -0.05) is 24.6 Å². The SMILES string of the molecule is O=C1CCCCC1CC1Cc2ccccc2O1. The fourth-order valence-electron chi connectivity index (χ4n) is 3.01. The zero-order valence-corrected chi connectivity index (χ0v) is 10.0. The Morgan fingerprint density at radius 1 is 1.24 bits per heavy atom. The zero-order chi connectivity index (χ0) is 11.7. The number of ketones is 1. The monoisotopic (exact) mass is 230 g/mol. The quantitative estimate of drug-likeness (QED) is 0.780. The van der Waals surface area contributed by atoms with E-state index in [1.165, 1.54) is 12.0 Å². The van der Waals surface area contributed by atoms with Gasteiger partial charge in [0.2, 0.25) is 0 Å². The molecule has 1 aromatic rings. The van der Waals surface area contributed by atoms with Crippen LogP contribution >= 0.6 is 0 Å². The van der Waals surface area contributed by atoms with Crippen LogP contribution in [0.25, 0.3) is 0 Å². The smallest absolute Gasteiger partial charge is 0.136 e. The van der Waals surface area contributed by atoms with Gasteiger partial charge in [0.05, 0.1) is 0 Å². The predicted octanol–water partition coefficient (Wildman–Crippen LogP) is 3.14. The molecule has 2 heteroatoms. The lowest BCUT2D eigenvalue weighted by atomic mass is 9.83. The van der Waals surface area contributed by atoms with Crippen molar-refractivity contribution < 1.29 is 9.53 Å². The van der Waals surface area contributed by atoms with E-state index in [0.29, 0.717) is 5.78 Å². The van der Waals surface area contributed by atoms with Gasteiger partial charge < -0.3 is 4.74 Å². The molecule has 0 bridgehead atoms. The van der Waals surface area contributed by atoms with E-state index in [2.05, 4.69) is 12.1 Å². The third-order valence-corrected chi connectivity index (χ3v) is 3.94. The second-order valence-corrected chi connectivity index (χ2v) is 5.20. The maximum atomic E-state index is 11.8. The summed E-state index contributed by atoms with van der Waals surface area (Å²) in [6, 6.07) is 8.21. The Hall–Kier alpha value is -1.31. The van der Waals surface area contributed by atoms with E-state index in [1.807, 2.05) is 12.1 Å². The molecule has 3 rings (SSSR count). The van der Waals surface area contributed by atoms with Crippen LogP contribution in [0.2, 0.25) is 0 Å². The molecule has 2 unspecified atom stereocenters. The molecule has 1 aliphatic heterocycles. The van der Waals surface area contributed by atoms with Gasteiger partial charge >= 0.3 is 0 Å². The average molecular weight is 230 g/mol. The Morgan fingerprint density at radius 3 is 2.94 bits per heavy atom. The van der Waals surface area contributed by atoms with Crippen LogP contribution in [-0.2, 0) is 11.2 Å². The molecule has 1 aliphatic carbocycles. The molecule has 2 aliphatic rings. The molecule has 17 heavy (non-hydrogen) atoms. The summed E-state index contributed by atoms with van der Waals surface area (Å²) in [5.74, 6) is 1.72. The van der Waals surface area contributed by atoms with Gasteiger partial charge in [0.15, 0.2) is 0 Å². The number of carbonyl (C=O) groups excluding carboxylic acids is 1. The number of rotatable bonds is 2. The van der Waals surface area contributed by atoms with Crippen molar-refractivity contribution in [1.82, 2.24) is 0 Å². The fourth-order valence-corrected chi connectivity index (χ4v) is 3.01. The summed E-state index contributed by atoms with van der Waals surface area (Å²) in [4.78, 5) is 11.8. The molecule has 1 fully saturated rings. The van der Waals surface area contributed by atoms with Crippen LogP contribution in [-0.4, -0.2) is 11.9 Å². The number of hydrogen-bond acceptors (Lipinski definition) is 2. The normalized spacial score (nSPS) is 27.6. The zero-order valence-electron chi connectivity index (χ0n) is 10.0. The summed E-state index contributed by atoms with van der Waals surface area (Å²) in [6.45, 7) is 0. The maximum Gasteiger partial charge on any atom is 0.136 e. The topological polar surface area (TPSA) is 26.3 Å². The minimum absolute atomic E-state index is 0.222. The van der Waals surface area contributed by atoms with Gasteiger partial charge in [0.1, 0.15) is 17.6 Å². The summed E-state index contributed by atoms with van der Waals surface area (Å²) in [6.07, 6.45) is 6.24. The second-order valence-electron chi connectivity index (χ2n) is 5.20. The van der Waals surface area contributed by atoms with Crippen LogP contribution in [0.1, 0.15) is 37.7 Å². The largest absolute Gasteiger partial charge is 0.490 e. The number of hydrogen-bond donors (Lipinski definition) is 0. The van der Waals surface area contributed by atoms with Gasteiger partial charge in [-0.05, 0) is 30.9 Å². The number of ether oxygens (including phenoxy) is 1. The summed E-state index contributed by atoms with van der Waals surface area (Å²) in [5, 5.41) is 0. The molecule has 1 saturated carbocycles. The van der Waals surface area contributed by atoms with E-state index in [-0.39, 0.29) is 12.0 Å². The lowest BCUT2D eigenvalue weighted by Crippen LogP contribution is -2.26. The number of carbonyl (C=O) groups is 1. The average Bonchev–Trinajstić information content (AvgIpc) is 2.74. The molecule has 1 heterocycles. The van der Waals surface area contributed by atoms with Gasteiger partial charge in [-0.25, -0.2) is 0 Å². The molecular formula is C15H18O2. The van der Waals surface area contributed by atoms with Crippen LogP contribution in [0.4, 0.5) is 0 Å². The molecule has 2 atom stereocenters. The lowest BCUT2D eigenvalue weighted by molar-refractivity contribution is -0.125. The van der Waals surface area contributed by atoms with E-state index in [4.69, 9.17) is 4.74 Å². The Kier molecular flexibility index (Phi) is 2.87. The third kappa shape index (κ3) is 2.21. The summed E-state index contributed by atoms with van der Waals surface area (Å²) < 4.78 is 5.91. The van der Waals surface area contributed by atoms with Crippen LogP contribution in [0.3, 0.4) is 0 Å². The summed E-state index contributed by atoms with van der Waals surface area (Å²) in [5.41, 5.74) is 1.29. The Balaban J connectivity index is 1.63. The van der Waals surface area contributed by atoms with Gasteiger partial charge in [-0.3, -0.25) is 4.79 Å². The van der Waals surface area contributed by atoms with E-state index < -0.39 is 0 Å². The van der Waals surface area contributed by atoms with Gasteiger partial charge in [-0.2, -0.15) is 0 Å². The molecule has 0 N–H and O–H groups in total. The summed E-state index contributed by atoms with van der Waals surface area (Å²) in [7, 11) is 0. The minimum atomic E-state index is 0.222. The number of fused-ring (bicyclic) bond motifs is 1. The molecule has 0 saturated heterocycles. The number of para-hydroxylation sites is 1. The van der Waals surface area contributed by atoms with E-state index in [1.54, 1.807) is 0 Å². The highest BCUT2D eigenvalue weighted by atomic mass is 16.5. The minimum Gasteiger partial charge on any atom is -0.490 e. The van der Waals surface area contributed by atoms with Crippen molar-refractivity contribution in [2.24, 2.45) is 5.92 Å². The van der Waals surface area contributed by atoms with Crippen LogP contribution < -0.4 is 4.74 Å². The van der Waals surface area contributed by atoms with Crippen molar-refractivity contribution in [2.45, 2.75) is 44.6 Å². The highest BCUT2D eigenvalue weighted by molar-refractivity contribution is 5.81. The van der Waals surface area contributed by atoms with E-state index in [0.717, 1.165) is 37.9 Å². The third-order valence-electron chi connectivity index (χ3n) is 3.94. The van der Waals surface area contributed by atoms with Crippen molar-refractivity contribution >= 4 is 5.78 Å². The first kappa shape index (κ1) is 10.8. The van der Waals surface area contributed by atoms with Crippen molar-refractivity contribution in [1.29, 1.82) is 0 Å². The highest BCUT2D eigenvalue weighted by Crippen LogP contribution is 2.33. The summed E-state index contributed by atoms with van der Waals surface area (Å²) >= 11 is 0. The Labute approximate surface area is 102 Å². The maximum absolute atomic E-state index is 11.8. The first-order chi connectivity index (χ1) is 8.33. The van der Waals surface area contributed by atoms with Gasteiger partial charge in [-0.15, -0.1) is 0 Å². The van der Waals surface area contributed by atoms with Crippen LogP contribution in [0.15, 0.2) is 24.3 Å². The van der Waals surface area contributed by atoms with Crippen molar-refractivity contribution in [3.8, 4) is 5.75 Å². The molecule has 1 aromatic carbocycles. The van der Waals surface area contributed by atoms with Crippen LogP contribution in [0.5, 0.6) is 5.75 Å². The Morgan fingerprint density at radius 2 is 2.12 bits per heavy atom. The van der Waals surface area contributed by atoms with Gasteiger partial charge in [0, 0.05) is 18.8 Å². The van der Waals surface area contributed by atoms with Crippen molar-refractivity contribution in [3.05, 3.63) is 29.8 Å².